The molecule has 0 atom stereocenters. The Balaban J connectivity index is 0. The van der Waals surface area contributed by atoms with Gasteiger partial charge in [0.25, 0.3) is 0 Å². The quantitative estimate of drug-likeness (QED) is 0.218. The third kappa shape index (κ3) is 13.3. The molecule has 0 aliphatic heterocycles. The van der Waals surface area contributed by atoms with Crippen LogP contribution in [0.3, 0.4) is 0 Å². The molecule has 0 aromatic carbocycles. The van der Waals surface area contributed by atoms with Crippen molar-refractivity contribution in [3.63, 3.8) is 0 Å². The topological polar surface area (TPSA) is 91.3 Å². The predicted molar refractivity (Wildman–Crippen MR) is 60.3 cm³/mol. The minimum Gasteiger partial charge on any atom is -0.739 e. The fraction of sp³-hybridized carbons (Fsp3) is 1.00. The second kappa shape index (κ2) is 9.18. The minimum atomic E-state index is -4.37. The van der Waals surface area contributed by atoms with Gasteiger partial charge in [-0.25, -0.2) is 16.8 Å². The molecule has 0 N–H and O–H groups in total. The summed E-state index contributed by atoms with van der Waals surface area (Å²) in [4.78, 5) is 0. The van der Waals surface area contributed by atoms with Crippen LogP contribution in [0, 0.1) is 0 Å². The normalized spacial score (nSPS) is 12.1. The van der Waals surface area contributed by atoms with Gasteiger partial charge in [0.1, 0.15) is 9.15 Å². The standard InChI is InChI=1S/C7H16O5S3.Na/c1-2-3-4-6-14(8,9)7-5-13-15(10,11)12;/h2-7H2,1H3,(H,10,11,12);/q;+1/p-1. The Morgan fingerprint density at radius 1 is 1.06 bits per heavy atom. The summed E-state index contributed by atoms with van der Waals surface area (Å²) in [6.07, 6.45) is 2.36. The molecule has 0 saturated heterocycles. The molecule has 0 unspecified atom stereocenters. The van der Waals surface area contributed by atoms with Crippen molar-refractivity contribution in [2.75, 3.05) is 17.3 Å². The van der Waals surface area contributed by atoms with Crippen molar-refractivity contribution in [1.29, 1.82) is 0 Å². The molecule has 0 aromatic rings. The first-order valence-electron chi connectivity index (χ1n) is 4.57. The van der Waals surface area contributed by atoms with Gasteiger partial charge in [0.05, 0.1) is 11.5 Å². The van der Waals surface area contributed by atoms with Crippen molar-refractivity contribution in [3.05, 3.63) is 0 Å². The van der Waals surface area contributed by atoms with E-state index in [1.54, 1.807) is 0 Å². The largest absolute Gasteiger partial charge is 1.00 e. The number of hydrogen-bond acceptors (Lipinski definition) is 6. The summed E-state index contributed by atoms with van der Waals surface area (Å²) in [5, 5.41) is 0. The molecule has 9 heteroatoms. The number of rotatable bonds is 8. The molecule has 0 bridgehead atoms. The predicted octanol–water partition coefficient (Wildman–Crippen LogP) is -2.21. The molecule has 0 radical (unpaired) electrons. The van der Waals surface area contributed by atoms with Crippen LogP contribution in [-0.2, 0) is 19.0 Å². The summed E-state index contributed by atoms with van der Waals surface area (Å²) in [5.74, 6) is -0.358. The molecule has 0 heterocycles. The smallest absolute Gasteiger partial charge is 0.739 e. The Labute approximate surface area is 123 Å². The Hall–Kier alpha value is 1.21. The number of hydrogen-bond donors (Lipinski definition) is 0. The molecule has 16 heavy (non-hydrogen) atoms. The third-order valence-corrected chi connectivity index (χ3v) is 5.70. The van der Waals surface area contributed by atoms with Gasteiger partial charge in [0, 0.05) is 5.75 Å². The zero-order valence-electron chi connectivity index (χ0n) is 9.51. The molecule has 0 aliphatic rings. The van der Waals surface area contributed by atoms with Crippen molar-refractivity contribution in [2.45, 2.75) is 26.2 Å². The van der Waals surface area contributed by atoms with Crippen LogP contribution in [0.25, 0.3) is 0 Å². The Bertz CT molecular complexity index is 361. The molecule has 0 spiro atoms. The molecule has 0 saturated carbocycles. The van der Waals surface area contributed by atoms with Crippen molar-refractivity contribution in [2.24, 2.45) is 0 Å². The molecule has 0 aliphatic carbocycles. The van der Waals surface area contributed by atoms with Crippen molar-refractivity contribution in [1.82, 2.24) is 0 Å². The summed E-state index contributed by atoms with van der Waals surface area (Å²) < 4.78 is 53.1. The fourth-order valence-corrected chi connectivity index (χ4v) is 4.50. The van der Waals surface area contributed by atoms with Crippen LogP contribution < -0.4 is 29.6 Å². The molecule has 92 valence electrons. The second-order valence-electron chi connectivity index (χ2n) is 3.09. The molecule has 0 amide bonds. The summed E-state index contributed by atoms with van der Waals surface area (Å²) in [6.45, 7) is 1.96. The van der Waals surface area contributed by atoms with E-state index < -0.39 is 19.0 Å². The van der Waals surface area contributed by atoms with Crippen LogP contribution in [-0.4, -0.2) is 38.6 Å². The van der Waals surface area contributed by atoms with Crippen molar-refractivity contribution >= 4 is 29.8 Å². The van der Waals surface area contributed by atoms with E-state index in [-0.39, 0.29) is 57.6 Å². The first-order chi connectivity index (χ1) is 6.77. The van der Waals surface area contributed by atoms with E-state index >= 15 is 0 Å². The second-order valence-corrected chi connectivity index (χ2v) is 8.79. The van der Waals surface area contributed by atoms with Gasteiger partial charge < -0.3 is 4.55 Å². The van der Waals surface area contributed by atoms with E-state index in [1.165, 1.54) is 0 Å². The molecular formula is C7H15NaO5S3. The van der Waals surface area contributed by atoms with Crippen LogP contribution in [0.5, 0.6) is 0 Å². The molecular weight excluding hydrogens is 283 g/mol. The summed E-state index contributed by atoms with van der Waals surface area (Å²) >= 11 is 0. The van der Waals surface area contributed by atoms with Crippen LogP contribution in [0.1, 0.15) is 26.2 Å². The monoisotopic (exact) mass is 298 g/mol. The Morgan fingerprint density at radius 2 is 1.62 bits per heavy atom. The van der Waals surface area contributed by atoms with E-state index in [4.69, 9.17) is 0 Å². The maximum atomic E-state index is 11.3. The van der Waals surface area contributed by atoms with E-state index in [0.29, 0.717) is 6.42 Å². The Kier molecular flexibility index (Phi) is 11.2. The van der Waals surface area contributed by atoms with Gasteiger partial charge in [-0.2, -0.15) is 0 Å². The van der Waals surface area contributed by atoms with Gasteiger partial charge in [0.2, 0.25) is 0 Å². The van der Waals surface area contributed by atoms with Gasteiger partial charge >= 0.3 is 29.6 Å². The van der Waals surface area contributed by atoms with Crippen LogP contribution in [0.15, 0.2) is 0 Å². The van der Waals surface area contributed by atoms with E-state index in [0.717, 1.165) is 12.8 Å². The number of sulfone groups is 1. The van der Waals surface area contributed by atoms with Crippen molar-refractivity contribution < 1.29 is 50.9 Å². The molecule has 0 aromatic heterocycles. The van der Waals surface area contributed by atoms with Gasteiger partial charge in [-0.3, -0.25) is 0 Å². The van der Waals surface area contributed by atoms with Crippen LogP contribution in [0.2, 0.25) is 0 Å². The third-order valence-electron chi connectivity index (χ3n) is 1.68. The summed E-state index contributed by atoms with van der Waals surface area (Å²) in [5.41, 5.74) is 0. The summed E-state index contributed by atoms with van der Waals surface area (Å²) in [6, 6.07) is 0. The Morgan fingerprint density at radius 3 is 2.06 bits per heavy atom. The van der Waals surface area contributed by atoms with E-state index in [2.05, 4.69) is 0 Å². The summed E-state index contributed by atoms with van der Waals surface area (Å²) in [7, 11) is -7.43. The maximum absolute atomic E-state index is 11.3. The van der Waals surface area contributed by atoms with Gasteiger partial charge in [-0.1, -0.05) is 19.8 Å². The molecule has 5 nitrogen and oxygen atoms in total. The zero-order valence-corrected chi connectivity index (χ0v) is 14.0. The van der Waals surface area contributed by atoms with E-state index in [9.17, 15) is 21.4 Å². The average molecular weight is 298 g/mol. The van der Waals surface area contributed by atoms with Crippen LogP contribution in [0.4, 0.5) is 0 Å². The van der Waals surface area contributed by atoms with Gasteiger partial charge in [0.15, 0.2) is 9.84 Å². The first kappa shape index (κ1) is 19.5. The SMILES string of the molecule is CCCCCS(=O)(=O)CCSS(=O)(=O)[O-].[Na+]. The van der Waals surface area contributed by atoms with E-state index in [1.807, 2.05) is 6.92 Å². The van der Waals surface area contributed by atoms with Crippen LogP contribution >= 0.6 is 10.8 Å². The zero-order chi connectivity index (χ0) is 11.9. The van der Waals surface area contributed by atoms with Gasteiger partial charge in [-0.15, -0.1) is 0 Å². The fourth-order valence-electron chi connectivity index (χ4n) is 0.937. The van der Waals surface area contributed by atoms with Crippen molar-refractivity contribution in [3.8, 4) is 0 Å². The minimum absolute atomic E-state index is 0. The molecule has 0 rings (SSSR count). The van der Waals surface area contributed by atoms with Gasteiger partial charge in [-0.05, 0) is 17.2 Å². The maximum Gasteiger partial charge on any atom is 1.00 e. The first-order valence-corrected chi connectivity index (χ1v) is 9.31. The molecule has 0 fully saturated rings. The number of unbranched alkanes of at least 4 members (excludes halogenated alkanes) is 2. The average Bonchev–Trinajstić information content (AvgIpc) is 2.01.